The lowest BCUT2D eigenvalue weighted by atomic mass is 9.94. The molecule has 0 aromatic heterocycles. The van der Waals surface area contributed by atoms with Gasteiger partial charge in [0.15, 0.2) is 11.5 Å². The lowest BCUT2D eigenvalue weighted by molar-refractivity contribution is -0.0222. The average Bonchev–Trinajstić information content (AvgIpc) is 3.29. The molecule has 2 heterocycles. The van der Waals surface area contributed by atoms with Crippen LogP contribution < -0.4 is 18.9 Å². The molecule has 7 heteroatoms. The van der Waals surface area contributed by atoms with Crippen LogP contribution >= 0.6 is 0 Å². The molecule has 3 aromatic rings. The van der Waals surface area contributed by atoms with Gasteiger partial charge in [-0.2, -0.15) is 5.10 Å². The Balaban J connectivity index is 1.66. The van der Waals surface area contributed by atoms with Crippen LogP contribution in [-0.4, -0.2) is 37.2 Å². The fourth-order valence-electron chi connectivity index (χ4n) is 4.52. The molecular formula is C26H26N2O5. The van der Waals surface area contributed by atoms with E-state index in [0.717, 1.165) is 28.0 Å². The first kappa shape index (κ1) is 21.0. The summed E-state index contributed by atoms with van der Waals surface area (Å²) >= 11 is 0. The van der Waals surface area contributed by atoms with E-state index in [0.29, 0.717) is 29.4 Å². The number of para-hydroxylation sites is 1. The third kappa shape index (κ3) is 3.50. The van der Waals surface area contributed by atoms with Gasteiger partial charge < -0.3 is 24.1 Å². The van der Waals surface area contributed by atoms with Gasteiger partial charge in [0, 0.05) is 23.6 Å². The van der Waals surface area contributed by atoms with Crippen LogP contribution in [-0.2, 0) is 0 Å². The van der Waals surface area contributed by atoms with Crippen LogP contribution in [0.3, 0.4) is 0 Å². The Bertz CT molecular complexity index is 1240. The SMILES string of the molecule is COc1ccc([C@H]2Oc3c(OC)cccc3[C@H]3CC(c4cc(C)ccc4O)=NN32)c(OC)c1. The monoisotopic (exact) mass is 446 g/mol. The molecule has 0 saturated heterocycles. The van der Waals surface area contributed by atoms with Crippen molar-refractivity contribution in [2.75, 3.05) is 21.3 Å². The largest absolute Gasteiger partial charge is 0.507 e. The Kier molecular flexibility index (Phi) is 5.24. The predicted octanol–water partition coefficient (Wildman–Crippen LogP) is 4.97. The standard InChI is InChI=1S/C26H26N2O5/c1-15-8-11-22(29)19(12-15)20-14-21-17-6-5-7-23(31-3)25(17)33-26(28(21)27-20)18-10-9-16(30-2)13-24(18)32-4/h5-13,21,26,29H,14H2,1-4H3/t21-,26-/m1/s1. The molecule has 0 aliphatic carbocycles. The van der Waals surface area contributed by atoms with Gasteiger partial charge in [0.1, 0.15) is 17.2 Å². The highest BCUT2D eigenvalue weighted by molar-refractivity contribution is 6.04. The number of rotatable bonds is 5. The molecule has 2 aliphatic heterocycles. The summed E-state index contributed by atoms with van der Waals surface area (Å²) in [6, 6.07) is 17.0. The molecule has 0 radical (unpaired) electrons. The van der Waals surface area contributed by atoms with Crippen molar-refractivity contribution in [2.24, 2.45) is 5.10 Å². The smallest absolute Gasteiger partial charge is 0.217 e. The highest BCUT2D eigenvalue weighted by Crippen LogP contribution is 2.52. The molecule has 33 heavy (non-hydrogen) atoms. The van der Waals surface area contributed by atoms with E-state index in [1.807, 2.05) is 60.5 Å². The number of methoxy groups -OCH3 is 3. The first-order valence-electron chi connectivity index (χ1n) is 10.7. The number of aryl methyl sites for hydroxylation is 1. The van der Waals surface area contributed by atoms with Crippen LogP contribution in [0.2, 0.25) is 0 Å². The van der Waals surface area contributed by atoms with Gasteiger partial charge in [0.05, 0.1) is 38.6 Å². The van der Waals surface area contributed by atoms with Crippen molar-refractivity contribution in [2.45, 2.75) is 25.6 Å². The summed E-state index contributed by atoms with van der Waals surface area (Å²) < 4.78 is 23.2. The maximum absolute atomic E-state index is 10.5. The number of aromatic hydroxyl groups is 1. The van der Waals surface area contributed by atoms with Gasteiger partial charge in [-0.15, -0.1) is 0 Å². The normalized spacial score (nSPS) is 18.7. The molecule has 0 bridgehead atoms. The number of benzene rings is 3. The highest BCUT2D eigenvalue weighted by atomic mass is 16.5. The second-order valence-corrected chi connectivity index (χ2v) is 8.12. The number of fused-ring (bicyclic) bond motifs is 3. The molecule has 0 unspecified atom stereocenters. The van der Waals surface area contributed by atoms with E-state index in [-0.39, 0.29) is 11.8 Å². The van der Waals surface area contributed by atoms with Crippen molar-refractivity contribution >= 4 is 5.71 Å². The molecule has 3 aromatic carbocycles. The summed E-state index contributed by atoms with van der Waals surface area (Å²) in [7, 11) is 4.88. The second kappa shape index (κ2) is 8.24. The third-order valence-corrected chi connectivity index (χ3v) is 6.17. The van der Waals surface area contributed by atoms with Gasteiger partial charge in [0.25, 0.3) is 0 Å². The van der Waals surface area contributed by atoms with E-state index < -0.39 is 6.23 Å². The Hall–Kier alpha value is -3.87. The topological polar surface area (TPSA) is 72.8 Å². The number of hydrogen-bond acceptors (Lipinski definition) is 7. The third-order valence-electron chi connectivity index (χ3n) is 6.17. The van der Waals surface area contributed by atoms with Crippen molar-refractivity contribution in [3.05, 3.63) is 76.9 Å². The zero-order valence-electron chi connectivity index (χ0n) is 19.0. The number of ether oxygens (including phenoxy) is 4. The van der Waals surface area contributed by atoms with Crippen LogP contribution in [0.15, 0.2) is 59.7 Å². The van der Waals surface area contributed by atoms with E-state index in [4.69, 9.17) is 24.0 Å². The second-order valence-electron chi connectivity index (χ2n) is 8.12. The van der Waals surface area contributed by atoms with E-state index in [9.17, 15) is 5.11 Å². The first-order chi connectivity index (χ1) is 16.0. The number of hydrogen-bond donors (Lipinski definition) is 1. The molecule has 1 N–H and O–H groups in total. The Morgan fingerprint density at radius 2 is 1.76 bits per heavy atom. The van der Waals surface area contributed by atoms with E-state index >= 15 is 0 Å². The van der Waals surface area contributed by atoms with Crippen LogP contribution in [0.1, 0.15) is 40.9 Å². The summed E-state index contributed by atoms with van der Waals surface area (Å²) in [5.41, 5.74) is 4.40. The first-order valence-corrected chi connectivity index (χ1v) is 10.7. The van der Waals surface area contributed by atoms with Gasteiger partial charge >= 0.3 is 0 Å². The molecule has 0 amide bonds. The van der Waals surface area contributed by atoms with Gasteiger partial charge in [-0.25, -0.2) is 5.01 Å². The minimum absolute atomic E-state index is 0.0874. The predicted molar refractivity (Wildman–Crippen MR) is 124 cm³/mol. The van der Waals surface area contributed by atoms with Crippen LogP contribution in [0.25, 0.3) is 0 Å². The maximum Gasteiger partial charge on any atom is 0.217 e. The molecule has 0 spiro atoms. The summed E-state index contributed by atoms with van der Waals surface area (Å²) in [6.07, 6.45) is 0.0688. The van der Waals surface area contributed by atoms with Crippen LogP contribution in [0, 0.1) is 6.92 Å². The van der Waals surface area contributed by atoms with E-state index in [2.05, 4.69) is 0 Å². The summed E-state index contributed by atoms with van der Waals surface area (Å²) in [4.78, 5) is 0. The minimum Gasteiger partial charge on any atom is -0.507 e. The molecule has 2 atom stereocenters. The number of phenols is 1. The van der Waals surface area contributed by atoms with Crippen molar-refractivity contribution in [3.8, 4) is 28.7 Å². The number of phenolic OH excluding ortho intramolecular Hbond substituents is 1. The van der Waals surface area contributed by atoms with Crippen molar-refractivity contribution in [1.29, 1.82) is 0 Å². The Labute approximate surface area is 192 Å². The van der Waals surface area contributed by atoms with Gasteiger partial charge in [-0.05, 0) is 37.3 Å². The van der Waals surface area contributed by atoms with Gasteiger partial charge in [-0.1, -0.05) is 23.8 Å². The van der Waals surface area contributed by atoms with Crippen molar-refractivity contribution in [1.82, 2.24) is 5.01 Å². The fourth-order valence-corrected chi connectivity index (χ4v) is 4.52. The van der Waals surface area contributed by atoms with Crippen molar-refractivity contribution < 1.29 is 24.1 Å². The molecule has 7 nitrogen and oxygen atoms in total. The Morgan fingerprint density at radius 1 is 0.939 bits per heavy atom. The lowest BCUT2D eigenvalue weighted by Crippen LogP contribution is -2.34. The molecular weight excluding hydrogens is 420 g/mol. The summed E-state index contributed by atoms with van der Waals surface area (Å²) in [6.45, 7) is 2.00. The molecule has 0 fully saturated rings. The van der Waals surface area contributed by atoms with E-state index in [1.54, 1.807) is 27.4 Å². The summed E-state index contributed by atoms with van der Waals surface area (Å²) in [5.74, 6) is 2.89. The highest BCUT2D eigenvalue weighted by Gasteiger charge is 2.43. The molecule has 5 rings (SSSR count). The lowest BCUT2D eigenvalue weighted by Gasteiger charge is -2.39. The average molecular weight is 447 g/mol. The van der Waals surface area contributed by atoms with Gasteiger partial charge in [-0.3, -0.25) is 0 Å². The van der Waals surface area contributed by atoms with Crippen molar-refractivity contribution in [3.63, 3.8) is 0 Å². The number of hydrazone groups is 1. The summed E-state index contributed by atoms with van der Waals surface area (Å²) in [5, 5.41) is 17.4. The van der Waals surface area contributed by atoms with Gasteiger partial charge in [0.2, 0.25) is 6.23 Å². The fraction of sp³-hybridized carbons (Fsp3) is 0.269. The zero-order chi connectivity index (χ0) is 23.1. The minimum atomic E-state index is -0.552. The quantitative estimate of drug-likeness (QED) is 0.597. The Morgan fingerprint density at radius 3 is 2.52 bits per heavy atom. The molecule has 2 aliphatic rings. The van der Waals surface area contributed by atoms with Crippen LogP contribution in [0.5, 0.6) is 28.7 Å². The molecule has 170 valence electrons. The van der Waals surface area contributed by atoms with E-state index in [1.165, 1.54) is 0 Å². The zero-order valence-corrected chi connectivity index (χ0v) is 19.0. The van der Waals surface area contributed by atoms with Crippen LogP contribution in [0.4, 0.5) is 0 Å². The maximum atomic E-state index is 10.5. The molecule has 0 saturated carbocycles. The number of nitrogens with zero attached hydrogens (tertiary/aromatic N) is 2.